The standard InChI is InChI=1S/C14H17N3O2/c1-3-17-10-12(9-16-17)14(18)15-8-11-6-4-5-7-13(11)19-2/h4-7,9-10H,3,8H2,1-2H3,(H,15,18). The average Bonchev–Trinajstić information content (AvgIpc) is 2.94. The van der Waals surface area contributed by atoms with Gasteiger partial charge in [0.25, 0.3) is 5.91 Å². The number of amides is 1. The zero-order valence-electron chi connectivity index (χ0n) is 11.1. The molecule has 100 valence electrons. The van der Waals surface area contributed by atoms with Gasteiger partial charge in [0.1, 0.15) is 5.75 Å². The highest BCUT2D eigenvalue weighted by Gasteiger charge is 2.09. The molecule has 1 amide bonds. The van der Waals surface area contributed by atoms with Gasteiger partial charge in [0, 0.05) is 24.8 Å². The molecule has 1 aromatic carbocycles. The molecule has 0 aliphatic rings. The van der Waals surface area contributed by atoms with Gasteiger partial charge in [-0.3, -0.25) is 9.48 Å². The molecule has 19 heavy (non-hydrogen) atoms. The zero-order valence-corrected chi connectivity index (χ0v) is 11.1. The largest absolute Gasteiger partial charge is 0.496 e. The first-order valence-electron chi connectivity index (χ1n) is 6.17. The second-order valence-corrected chi connectivity index (χ2v) is 4.08. The third kappa shape index (κ3) is 3.13. The first-order valence-corrected chi connectivity index (χ1v) is 6.17. The minimum atomic E-state index is -0.134. The summed E-state index contributed by atoms with van der Waals surface area (Å²) >= 11 is 0. The van der Waals surface area contributed by atoms with Crippen molar-refractivity contribution >= 4 is 5.91 Å². The van der Waals surface area contributed by atoms with Crippen LogP contribution >= 0.6 is 0 Å². The van der Waals surface area contributed by atoms with Crippen molar-refractivity contribution in [3.8, 4) is 5.75 Å². The molecule has 0 saturated carbocycles. The third-order valence-electron chi connectivity index (χ3n) is 2.85. The number of nitrogens with one attached hydrogen (secondary N) is 1. The van der Waals surface area contributed by atoms with Gasteiger partial charge in [-0.1, -0.05) is 18.2 Å². The monoisotopic (exact) mass is 259 g/mol. The maximum atomic E-state index is 11.9. The molecule has 2 rings (SSSR count). The topological polar surface area (TPSA) is 56.2 Å². The van der Waals surface area contributed by atoms with Crippen molar-refractivity contribution in [2.24, 2.45) is 0 Å². The summed E-state index contributed by atoms with van der Waals surface area (Å²) in [4.78, 5) is 11.9. The van der Waals surface area contributed by atoms with E-state index in [1.165, 1.54) is 0 Å². The van der Waals surface area contributed by atoms with Crippen LogP contribution in [-0.4, -0.2) is 22.8 Å². The quantitative estimate of drug-likeness (QED) is 0.891. The number of methoxy groups -OCH3 is 1. The van der Waals surface area contributed by atoms with E-state index in [1.54, 1.807) is 24.2 Å². The normalized spacial score (nSPS) is 10.2. The van der Waals surface area contributed by atoms with Gasteiger partial charge in [-0.05, 0) is 13.0 Å². The van der Waals surface area contributed by atoms with Crippen LogP contribution in [0.4, 0.5) is 0 Å². The number of nitrogens with zero attached hydrogens (tertiary/aromatic N) is 2. The predicted molar refractivity (Wildman–Crippen MR) is 72.1 cm³/mol. The van der Waals surface area contributed by atoms with Crippen molar-refractivity contribution in [2.45, 2.75) is 20.0 Å². The second kappa shape index (κ2) is 6.04. The maximum Gasteiger partial charge on any atom is 0.254 e. The summed E-state index contributed by atoms with van der Waals surface area (Å²) in [5.74, 6) is 0.637. The van der Waals surface area contributed by atoms with E-state index in [1.807, 2.05) is 31.2 Å². The van der Waals surface area contributed by atoms with E-state index in [0.29, 0.717) is 12.1 Å². The van der Waals surface area contributed by atoms with Gasteiger partial charge < -0.3 is 10.1 Å². The number of aromatic nitrogens is 2. The fraction of sp³-hybridized carbons (Fsp3) is 0.286. The number of ether oxygens (including phenoxy) is 1. The van der Waals surface area contributed by atoms with Crippen LogP contribution in [0.5, 0.6) is 5.75 Å². The van der Waals surface area contributed by atoms with Gasteiger partial charge in [-0.2, -0.15) is 5.10 Å². The maximum absolute atomic E-state index is 11.9. The molecule has 0 radical (unpaired) electrons. The molecule has 0 spiro atoms. The van der Waals surface area contributed by atoms with E-state index in [-0.39, 0.29) is 5.91 Å². The van der Waals surface area contributed by atoms with Crippen LogP contribution in [0, 0.1) is 0 Å². The molecular formula is C14H17N3O2. The molecule has 2 aromatic rings. The van der Waals surface area contributed by atoms with Crippen molar-refractivity contribution in [1.29, 1.82) is 0 Å². The van der Waals surface area contributed by atoms with Crippen LogP contribution in [0.25, 0.3) is 0 Å². The minimum absolute atomic E-state index is 0.134. The molecule has 5 nitrogen and oxygen atoms in total. The molecular weight excluding hydrogens is 242 g/mol. The third-order valence-corrected chi connectivity index (χ3v) is 2.85. The lowest BCUT2D eigenvalue weighted by molar-refractivity contribution is 0.0950. The molecule has 0 fully saturated rings. The Hall–Kier alpha value is -2.30. The van der Waals surface area contributed by atoms with E-state index in [0.717, 1.165) is 17.9 Å². The summed E-state index contributed by atoms with van der Waals surface area (Å²) in [7, 11) is 1.62. The number of para-hydroxylation sites is 1. The van der Waals surface area contributed by atoms with Gasteiger partial charge in [0.2, 0.25) is 0 Å². The first-order chi connectivity index (χ1) is 9.24. The Bertz CT molecular complexity index is 563. The van der Waals surface area contributed by atoms with Gasteiger partial charge in [-0.15, -0.1) is 0 Å². The van der Waals surface area contributed by atoms with Crippen molar-refractivity contribution in [2.75, 3.05) is 7.11 Å². The van der Waals surface area contributed by atoms with E-state index in [4.69, 9.17) is 4.74 Å². The van der Waals surface area contributed by atoms with Crippen LogP contribution in [0.1, 0.15) is 22.8 Å². The smallest absolute Gasteiger partial charge is 0.254 e. The van der Waals surface area contributed by atoms with E-state index in [9.17, 15) is 4.79 Å². The van der Waals surface area contributed by atoms with Crippen LogP contribution in [0.2, 0.25) is 0 Å². The fourth-order valence-electron chi connectivity index (χ4n) is 1.78. The molecule has 0 aliphatic heterocycles. The van der Waals surface area contributed by atoms with E-state index < -0.39 is 0 Å². The summed E-state index contributed by atoms with van der Waals surface area (Å²) in [5, 5.41) is 6.93. The highest BCUT2D eigenvalue weighted by molar-refractivity contribution is 5.93. The Morgan fingerprint density at radius 1 is 1.42 bits per heavy atom. The molecule has 0 bridgehead atoms. The first kappa shape index (κ1) is 13.1. The molecule has 0 saturated heterocycles. The van der Waals surface area contributed by atoms with Crippen molar-refractivity contribution in [3.63, 3.8) is 0 Å². The Morgan fingerprint density at radius 2 is 2.21 bits per heavy atom. The number of carbonyl (C=O) groups excluding carboxylic acids is 1. The van der Waals surface area contributed by atoms with Gasteiger partial charge >= 0.3 is 0 Å². The summed E-state index contributed by atoms with van der Waals surface area (Å²) < 4.78 is 6.96. The van der Waals surface area contributed by atoms with Crippen LogP contribution in [0.3, 0.4) is 0 Å². The van der Waals surface area contributed by atoms with Crippen LogP contribution in [0.15, 0.2) is 36.7 Å². The average molecular weight is 259 g/mol. The predicted octanol–water partition coefficient (Wildman–Crippen LogP) is 1.84. The number of benzene rings is 1. The van der Waals surface area contributed by atoms with Gasteiger partial charge in [0.15, 0.2) is 0 Å². The molecule has 1 N–H and O–H groups in total. The summed E-state index contributed by atoms with van der Waals surface area (Å²) in [6.07, 6.45) is 3.30. The number of hydrogen-bond donors (Lipinski definition) is 1. The SMILES string of the molecule is CCn1cc(C(=O)NCc2ccccc2OC)cn1. The second-order valence-electron chi connectivity index (χ2n) is 4.08. The molecule has 0 unspecified atom stereocenters. The zero-order chi connectivity index (χ0) is 13.7. The van der Waals surface area contributed by atoms with Crippen molar-refractivity contribution in [1.82, 2.24) is 15.1 Å². The highest BCUT2D eigenvalue weighted by atomic mass is 16.5. The van der Waals surface area contributed by atoms with Crippen molar-refractivity contribution < 1.29 is 9.53 Å². The van der Waals surface area contributed by atoms with Gasteiger partial charge in [0.05, 0.1) is 18.9 Å². The number of rotatable bonds is 5. The molecule has 0 atom stereocenters. The summed E-state index contributed by atoms with van der Waals surface area (Å²) in [6.45, 7) is 3.16. The molecule has 0 aliphatic carbocycles. The summed E-state index contributed by atoms with van der Waals surface area (Å²) in [6, 6.07) is 7.61. The number of hydrogen-bond acceptors (Lipinski definition) is 3. The fourth-order valence-corrected chi connectivity index (χ4v) is 1.78. The Labute approximate surface area is 112 Å². The lowest BCUT2D eigenvalue weighted by Gasteiger charge is -2.08. The molecule has 1 aromatic heterocycles. The van der Waals surface area contributed by atoms with Gasteiger partial charge in [-0.25, -0.2) is 0 Å². The lowest BCUT2D eigenvalue weighted by Crippen LogP contribution is -2.22. The Kier molecular flexibility index (Phi) is 4.18. The van der Waals surface area contributed by atoms with Crippen molar-refractivity contribution in [3.05, 3.63) is 47.8 Å². The molecule has 1 heterocycles. The lowest BCUT2D eigenvalue weighted by atomic mass is 10.2. The summed E-state index contributed by atoms with van der Waals surface area (Å²) in [5.41, 5.74) is 1.51. The highest BCUT2D eigenvalue weighted by Crippen LogP contribution is 2.16. The number of carbonyl (C=O) groups is 1. The minimum Gasteiger partial charge on any atom is -0.496 e. The number of aryl methyl sites for hydroxylation is 1. The van der Waals surface area contributed by atoms with E-state index in [2.05, 4.69) is 10.4 Å². The Balaban J connectivity index is 2.00. The van der Waals surface area contributed by atoms with E-state index >= 15 is 0 Å². The Morgan fingerprint density at radius 3 is 2.89 bits per heavy atom. The van der Waals surface area contributed by atoms with Crippen LogP contribution in [-0.2, 0) is 13.1 Å². The molecule has 5 heteroatoms. The van der Waals surface area contributed by atoms with Crippen LogP contribution < -0.4 is 10.1 Å².